The van der Waals surface area contributed by atoms with Crippen molar-refractivity contribution in [3.63, 3.8) is 0 Å². The molecule has 2 aromatic carbocycles. The predicted octanol–water partition coefficient (Wildman–Crippen LogP) is 3.33. The van der Waals surface area contributed by atoms with Crippen molar-refractivity contribution >= 4 is 38.9 Å². The van der Waals surface area contributed by atoms with Gasteiger partial charge in [-0.05, 0) is 53.7 Å². The molecule has 0 spiro atoms. The Labute approximate surface area is 204 Å². The number of nitrogens with zero attached hydrogens (tertiary/aromatic N) is 2. The summed E-state index contributed by atoms with van der Waals surface area (Å²) < 4.78 is 27.2. The number of thiophene rings is 1. The van der Waals surface area contributed by atoms with Gasteiger partial charge in [-0.25, -0.2) is 9.18 Å². The first-order valence-corrected chi connectivity index (χ1v) is 12.0. The minimum absolute atomic E-state index is 0.0906. The molecule has 182 valence electrons. The summed E-state index contributed by atoms with van der Waals surface area (Å²) in [6.45, 7) is 3.98. The number of carbonyl (C=O) groups is 1. The minimum Gasteiger partial charge on any atom is -0.408 e. The maximum Gasteiger partial charge on any atom is 0.419 e. The zero-order valence-electron chi connectivity index (χ0n) is 19.2. The second-order valence-corrected chi connectivity index (χ2v) is 9.12. The first kappa shape index (κ1) is 24.6. The molecule has 3 heterocycles. The molecule has 0 bridgehead atoms. The van der Waals surface area contributed by atoms with E-state index in [1.807, 2.05) is 24.3 Å². The van der Waals surface area contributed by atoms with E-state index in [0.717, 1.165) is 42.1 Å². The van der Waals surface area contributed by atoms with E-state index >= 15 is 0 Å². The van der Waals surface area contributed by atoms with E-state index in [4.69, 9.17) is 14.4 Å². The standard InChI is InChI=1S/C20H14FN3O3S.C5H11NO/c1-24-15-7-11(4-5-16(15)27-20(24)26)17-8-13-3-2-12(18(21)19(13)28-17)6-14(9-22)23-10-25;1-2-6-3-5-7-4-1/h2-5,7-8,10,14H,6H2,1H3,(H,23,25);6H,1-5H2. The lowest BCUT2D eigenvalue weighted by Gasteiger charge is -2.08. The van der Waals surface area contributed by atoms with Crippen molar-refractivity contribution in [2.24, 2.45) is 7.05 Å². The Hall–Kier alpha value is -3.52. The molecule has 8 nitrogen and oxygen atoms in total. The molecule has 1 fully saturated rings. The summed E-state index contributed by atoms with van der Waals surface area (Å²) in [6, 6.07) is 11.9. The van der Waals surface area contributed by atoms with Crippen LogP contribution in [0.2, 0.25) is 0 Å². The molecule has 1 amide bonds. The molecule has 10 heteroatoms. The fourth-order valence-electron chi connectivity index (χ4n) is 3.80. The molecule has 5 rings (SSSR count). The fraction of sp³-hybridized carbons (Fsp3) is 0.320. The van der Waals surface area contributed by atoms with Gasteiger partial charge in [-0.3, -0.25) is 9.36 Å². The van der Waals surface area contributed by atoms with E-state index in [1.54, 1.807) is 25.2 Å². The number of hydrogen-bond acceptors (Lipinski definition) is 7. The third kappa shape index (κ3) is 5.59. The van der Waals surface area contributed by atoms with Gasteiger partial charge in [-0.2, -0.15) is 5.26 Å². The Morgan fingerprint density at radius 2 is 2.14 bits per heavy atom. The second-order valence-electron chi connectivity index (χ2n) is 8.06. The molecule has 1 aliphatic rings. The molecule has 1 unspecified atom stereocenters. The quantitative estimate of drug-likeness (QED) is 0.410. The minimum atomic E-state index is -0.784. The molecule has 35 heavy (non-hydrogen) atoms. The normalized spacial score (nSPS) is 14.5. The van der Waals surface area contributed by atoms with Crippen molar-refractivity contribution in [1.82, 2.24) is 15.2 Å². The van der Waals surface area contributed by atoms with Gasteiger partial charge >= 0.3 is 5.76 Å². The maximum absolute atomic E-state index is 15.0. The summed E-state index contributed by atoms with van der Waals surface area (Å²) in [5.74, 6) is -0.825. The predicted molar refractivity (Wildman–Crippen MR) is 133 cm³/mol. The Balaban J connectivity index is 0.000000356. The Morgan fingerprint density at radius 1 is 1.29 bits per heavy atom. The number of nitrogens with one attached hydrogen (secondary N) is 2. The van der Waals surface area contributed by atoms with Crippen LogP contribution in [0.5, 0.6) is 0 Å². The van der Waals surface area contributed by atoms with Crippen molar-refractivity contribution in [3.8, 4) is 16.5 Å². The molecule has 1 saturated heterocycles. The Kier molecular flexibility index (Phi) is 7.92. The van der Waals surface area contributed by atoms with E-state index < -0.39 is 17.6 Å². The number of benzene rings is 2. The van der Waals surface area contributed by atoms with Crippen LogP contribution in [-0.2, 0) is 23.0 Å². The summed E-state index contributed by atoms with van der Waals surface area (Å²) in [6.07, 6.45) is 1.69. The van der Waals surface area contributed by atoms with Crippen LogP contribution in [-0.4, -0.2) is 43.3 Å². The Bertz CT molecular complexity index is 1420. The smallest absolute Gasteiger partial charge is 0.408 e. The Morgan fingerprint density at radius 3 is 2.94 bits per heavy atom. The number of aromatic nitrogens is 1. The highest BCUT2D eigenvalue weighted by molar-refractivity contribution is 7.22. The number of rotatable bonds is 5. The number of fused-ring (bicyclic) bond motifs is 2. The molecule has 1 atom stereocenters. The van der Waals surface area contributed by atoms with Crippen molar-refractivity contribution in [2.45, 2.75) is 18.9 Å². The first-order chi connectivity index (χ1) is 17.0. The second kappa shape index (κ2) is 11.3. The fourth-order valence-corrected chi connectivity index (χ4v) is 4.92. The molecule has 0 aliphatic carbocycles. The zero-order chi connectivity index (χ0) is 24.8. The molecule has 0 radical (unpaired) electrons. The van der Waals surface area contributed by atoms with Gasteiger partial charge in [0.2, 0.25) is 6.41 Å². The van der Waals surface area contributed by atoms with Gasteiger partial charge in [0, 0.05) is 31.5 Å². The molecule has 4 aromatic rings. The number of halogens is 1. The molecular formula is C25H25FN4O4S. The average molecular weight is 497 g/mol. The van der Waals surface area contributed by atoms with Crippen molar-refractivity contribution in [1.29, 1.82) is 5.26 Å². The van der Waals surface area contributed by atoms with Gasteiger partial charge in [-0.15, -0.1) is 11.3 Å². The van der Waals surface area contributed by atoms with Gasteiger partial charge in [0.15, 0.2) is 5.58 Å². The summed E-state index contributed by atoms with van der Waals surface area (Å²) in [4.78, 5) is 23.1. The SMILES string of the molecule is C1CNCCOC1.Cn1c(=O)oc2ccc(-c3cc4ccc(CC(C#N)NC=O)c(F)c4s3)cc21. The zero-order valence-corrected chi connectivity index (χ0v) is 20.0. The molecule has 2 aromatic heterocycles. The van der Waals surface area contributed by atoms with Gasteiger partial charge in [0.25, 0.3) is 0 Å². The van der Waals surface area contributed by atoms with Crippen LogP contribution in [0.15, 0.2) is 45.6 Å². The third-order valence-corrected chi connectivity index (χ3v) is 6.89. The van der Waals surface area contributed by atoms with Crippen LogP contribution >= 0.6 is 11.3 Å². The van der Waals surface area contributed by atoms with Crippen LogP contribution in [0.25, 0.3) is 31.6 Å². The first-order valence-electron chi connectivity index (χ1n) is 11.2. The van der Waals surface area contributed by atoms with Gasteiger partial charge in [0.1, 0.15) is 11.9 Å². The summed E-state index contributed by atoms with van der Waals surface area (Å²) in [5.41, 5.74) is 2.38. The van der Waals surface area contributed by atoms with Crippen LogP contribution in [0.1, 0.15) is 12.0 Å². The van der Waals surface area contributed by atoms with Crippen LogP contribution < -0.4 is 16.4 Å². The van der Waals surface area contributed by atoms with Crippen molar-refractivity contribution in [3.05, 3.63) is 58.3 Å². The highest BCUT2D eigenvalue weighted by atomic mass is 32.1. The van der Waals surface area contributed by atoms with E-state index in [0.29, 0.717) is 27.8 Å². The molecular weight excluding hydrogens is 471 g/mol. The summed E-state index contributed by atoms with van der Waals surface area (Å²) in [7, 11) is 1.63. The molecule has 1 aliphatic heterocycles. The number of nitriles is 1. The van der Waals surface area contributed by atoms with Gasteiger partial charge in [-0.1, -0.05) is 12.1 Å². The number of aryl methyl sites for hydroxylation is 1. The monoisotopic (exact) mass is 496 g/mol. The number of amides is 1. The summed E-state index contributed by atoms with van der Waals surface area (Å²) >= 11 is 1.29. The van der Waals surface area contributed by atoms with Gasteiger partial charge < -0.3 is 19.8 Å². The van der Waals surface area contributed by atoms with Crippen LogP contribution in [0.3, 0.4) is 0 Å². The van der Waals surface area contributed by atoms with Crippen LogP contribution in [0.4, 0.5) is 4.39 Å². The van der Waals surface area contributed by atoms with Crippen LogP contribution in [0, 0.1) is 17.1 Å². The topological polar surface area (TPSA) is 109 Å². The van der Waals surface area contributed by atoms with Crippen molar-refractivity contribution < 1.29 is 18.3 Å². The molecule has 2 N–H and O–H groups in total. The number of oxazole rings is 1. The molecule has 0 saturated carbocycles. The highest BCUT2D eigenvalue weighted by Gasteiger charge is 2.16. The van der Waals surface area contributed by atoms with Crippen molar-refractivity contribution in [2.75, 3.05) is 26.3 Å². The number of ether oxygens (including phenoxy) is 1. The van der Waals surface area contributed by atoms with E-state index in [-0.39, 0.29) is 6.42 Å². The third-order valence-electron chi connectivity index (χ3n) is 5.70. The van der Waals surface area contributed by atoms with E-state index in [2.05, 4.69) is 10.6 Å². The lowest BCUT2D eigenvalue weighted by atomic mass is 10.0. The summed E-state index contributed by atoms with van der Waals surface area (Å²) in [5, 5.41) is 15.4. The maximum atomic E-state index is 15.0. The largest absolute Gasteiger partial charge is 0.419 e. The number of carbonyl (C=O) groups excluding carboxylic acids is 1. The lowest BCUT2D eigenvalue weighted by Crippen LogP contribution is -2.28. The van der Waals surface area contributed by atoms with E-state index in [9.17, 15) is 14.0 Å². The van der Waals surface area contributed by atoms with Gasteiger partial charge in [0.05, 0.1) is 22.9 Å². The number of hydrogen-bond donors (Lipinski definition) is 2. The van der Waals surface area contributed by atoms with E-state index in [1.165, 1.54) is 22.3 Å². The average Bonchev–Trinajstić information content (AvgIpc) is 3.26. The highest BCUT2D eigenvalue weighted by Crippen LogP contribution is 2.37. The lowest BCUT2D eigenvalue weighted by molar-refractivity contribution is -0.109.